The van der Waals surface area contributed by atoms with Gasteiger partial charge in [-0.05, 0) is 18.6 Å². The Morgan fingerprint density at radius 1 is 1.10 bits per heavy atom. The van der Waals surface area contributed by atoms with Crippen molar-refractivity contribution >= 4 is 23.9 Å². The van der Waals surface area contributed by atoms with Crippen LogP contribution in [0.4, 0.5) is 0 Å². The number of benzene rings is 1. The maximum absolute atomic E-state index is 11.7. The largest absolute Gasteiger partial charge is 0.431 e. The van der Waals surface area contributed by atoms with E-state index in [9.17, 15) is 14.4 Å². The molecule has 5 nitrogen and oxygen atoms in total. The number of amides is 2. The Morgan fingerprint density at radius 3 is 2.33 bits per heavy atom. The van der Waals surface area contributed by atoms with E-state index < -0.39 is 17.8 Å². The smallest absolute Gasteiger partial charge is 0.340 e. The number of rotatable bonds is 4. The second kappa shape index (κ2) is 6.47. The first-order valence-corrected chi connectivity index (χ1v) is 6.24. The van der Waals surface area contributed by atoms with Crippen molar-refractivity contribution in [2.24, 2.45) is 0 Å². The lowest BCUT2D eigenvalue weighted by atomic mass is 10.2. The number of hydrogen-bond donors (Lipinski definition) is 0. The van der Waals surface area contributed by atoms with Gasteiger partial charge in [-0.15, -0.1) is 0 Å². The van der Waals surface area contributed by atoms with Gasteiger partial charge >= 0.3 is 5.97 Å². The molecule has 0 radical (unpaired) electrons. The zero-order chi connectivity index (χ0) is 15.2. The molecule has 1 aromatic carbocycles. The van der Waals surface area contributed by atoms with Gasteiger partial charge in [-0.3, -0.25) is 9.59 Å². The third kappa shape index (κ3) is 3.76. The van der Waals surface area contributed by atoms with Gasteiger partial charge in [0.05, 0.1) is 11.8 Å². The highest BCUT2D eigenvalue weighted by atomic mass is 16.5. The predicted molar refractivity (Wildman–Crippen MR) is 76.3 cm³/mol. The van der Waals surface area contributed by atoms with Gasteiger partial charge in [0.2, 0.25) is 0 Å². The first-order chi connectivity index (χ1) is 10.1. The summed E-state index contributed by atoms with van der Waals surface area (Å²) in [6.45, 7) is 1.47. The zero-order valence-corrected chi connectivity index (χ0v) is 11.4. The molecule has 0 fully saturated rings. The van der Waals surface area contributed by atoms with Crippen molar-refractivity contribution in [1.29, 1.82) is 0 Å². The molecule has 1 heterocycles. The third-order valence-corrected chi connectivity index (χ3v) is 2.72. The molecule has 0 bridgehead atoms. The first kappa shape index (κ1) is 14.5. The molecule has 0 aromatic heterocycles. The van der Waals surface area contributed by atoms with Crippen LogP contribution in [0.1, 0.15) is 12.5 Å². The maximum atomic E-state index is 11.7. The van der Waals surface area contributed by atoms with Gasteiger partial charge in [0, 0.05) is 18.4 Å². The highest BCUT2D eigenvalue weighted by molar-refractivity contribution is 6.14. The fraction of sp³-hybridized carbons (Fsp3) is 0.0625. The van der Waals surface area contributed by atoms with E-state index >= 15 is 0 Å². The van der Waals surface area contributed by atoms with E-state index in [1.54, 1.807) is 6.08 Å². The van der Waals surface area contributed by atoms with Crippen molar-refractivity contribution in [3.63, 3.8) is 0 Å². The van der Waals surface area contributed by atoms with Crippen LogP contribution in [0.3, 0.4) is 0 Å². The lowest BCUT2D eigenvalue weighted by Gasteiger charge is -2.08. The fourth-order valence-corrected chi connectivity index (χ4v) is 1.62. The zero-order valence-electron chi connectivity index (χ0n) is 11.4. The van der Waals surface area contributed by atoms with Crippen LogP contribution in [0.5, 0.6) is 0 Å². The topological polar surface area (TPSA) is 63.7 Å². The Morgan fingerprint density at radius 2 is 1.71 bits per heavy atom. The Kier molecular flexibility index (Phi) is 4.46. The van der Waals surface area contributed by atoms with E-state index in [0.29, 0.717) is 0 Å². The Labute approximate surface area is 121 Å². The molecule has 0 unspecified atom stereocenters. The molecular weight excluding hydrogens is 270 g/mol. The average molecular weight is 283 g/mol. The second-order valence-electron chi connectivity index (χ2n) is 4.31. The molecule has 0 saturated carbocycles. The van der Waals surface area contributed by atoms with Crippen LogP contribution in [0.2, 0.25) is 0 Å². The first-order valence-electron chi connectivity index (χ1n) is 6.24. The van der Waals surface area contributed by atoms with Crippen molar-refractivity contribution in [2.45, 2.75) is 6.92 Å². The summed E-state index contributed by atoms with van der Waals surface area (Å²) in [5.41, 5.74) is 1.04. The van der Waals surface area contributed by atoms with Gasteiger partial charge in [0.15, 0.2) is 0 Å². The summed E-state index contributed by atoms with van der Waals surface area (Å²) in [4.78, 5) is 35.3. The minimum absolute atomic E-state index is 0.151. The second-order valence-corrected chi connectivity index (χ2v) is 4.31. The van der Waals surface area contributed by atoms with Crippen LogP contribution < -0.4 is 0 Å². The molecule has 0 atom stereocenters. The quantitative estimate of drug-likeness (QED) is 0.367. The Bertz CT molecular complexity index is 638. The number of esters is 1. The SMILES string of the molecule is CC(=CN1C(=O)C=CC1=O)C(=O)OC=Cc1ccccc1. The minimum atomic E-state index is -0.630. The van der Waals surface area contributed by atoms with E-state index in [0.717, 1.165) is 22.6 Å². The molecule has 0 spiro atoms. The molecular formula is C16H13NO4. The fourth-order valence-electron chi connectivity index (χ4n) is 1.62. The van der Waals surface area contributed by atoms with Crippen LogP contribution in [0.25, 0.3) is 6.08 Å². The maximum Gasteiger partial charge on any atom is 0.340 e. The summed E-state index contributed by atoms with van der Waals surface area (Å²) < 4.78 is 4.93. The Balaban J connectivity index is 1.95. The molecule has 21 heavy (non-hydrogen) atoms. The summed E-state index contributed by atoms with van der Waals surface area (Å²) in [7, 11) is 0. The highest BCUT2D eigenvalue weighted by Crippen LogP contribution is 2.08. The van der Waals surface area contributed by atoms with Gasteiger partial charge in [0.25, 0.3) is 11.8 Å². The van der Waals surface area contributed by atoms with Crippen LogP contribution in [-0.2, 0) is 19.1 Å². The van der Waals surface area contributed by atoms with Crippen molar-refractivity contribution in [3.8, 4) is 0 Å². The van der Waals surface area contributed by atoms with Crippen LogP contribution in [-0.4, -0.2) is 22.7 Å². The molecule has 1 aliphatic rings. The van der Waals surface area contributed by atoms with Crippen LogP contribution in [0.15, 0.2) is 60.5 Å². The standard InChI is InChI=1S/C16H13NO4/c1-12(11-17-14(18)7-8-15(17)19)16(20)21-10-9-13-5-3-2-4-6-13/h2-11H,1H3. The van der Waals surface area contributed by atoms with E-state index in [1.807, 2.05) is 30.3 Å². The Hall–Kier alpha value is -2.95. The summed E-state index contributed by atoms with van der Waals surface area (Å²) in [5, 5.41) is 0. The van der Waals surface area contributed by atoms with E-state index in [2.05, 4.69) is 0 Å². The molecule has 1 aliphatic heterocycles. The summed E-state index contributed by atoms with van der Waals surface area (Å²) in [6, 6.07) is 9.34. The van der Waals surface area contributed by atoms with Crippen molar-refractivity contribution in [1.82, 2.24) is 4.90 Å². The number of carbonyl (C=O) groups excluding carboxylic acids is 3. The molecule has 0 aliphatic carbocycles. The molecule has 2 amide bonds. The van der Waals surface area contributed by atoms with E-state index in [-0.39, 0.29) is 5.57 Å². The number of ether oxygens (including phenoxy) is 1. The summed E-state index contributed by atoms with van der Waals surface area (Å²) in [6.07, 6.45) is 6.36. The number of carbonyl (C=O) groups is 3. The van der Waals surface area contributed by atoms with Crippen molar-refractivity contribution in [3.05, 3.63) is 66.1 Å². The lowest BCUT2D eigenvalue weighted by Crippen LogP contribution is -2.25. The number of imide groups is 1. The minimum Gasteiger partial charge on any atom is -0.431 e. The highest BCUT2D eigenvalue weighted by Gasteiger charge is 2.22. The third-order valence-electron chi connectivity index (χ3n) is 2.72. The van der Waals surface area contributed by atoms with Crippen LogP contribution in [0, 0.1) is 0 Å². The van der Waals surface area contributed by atoms with Gasteiger partial charge < -0.3 is 4.74 Å². The van der Waals surface area contributed by atoms with E-state index in [1.165, 1.54) is 19.4 Å². The number of nitrogens with zero attached hydrogens (tertiary/aromatic N) is 1. The molecule has 2 rings (SSSR count). The van der Waals surface area contributed by atoms with Crippen LogP contribution >= 0.6 is 0 Å². The van der Waals surface area contributed by atoms with Crippen molar-refractivity contribution < 1.29 is 19.1 Å². The molecule has 0 saturated heterocycles. The van der Waals surface area contributed by atoms with Gasteiger partial charge in [0.1, 0.15) is 0 Å². The summed E-state index contributed by atoms with van der Waals surface area (Å²) in [5.74, 6) is -1.59. The monoisotopic (exact) mass is 283 g/mol. The molecule has 5 heteroatoms. The molecule has 0 N–H and O–H groups in total. The van der Waals surface area contributed by atoms with Gasteiger partial charge in [-0.25, -0.2) is 9.69 Å². The average Bonchev–Trinajstić information content (AvgIpc) is 2.80. The van der Waals surface area contributed by atoms with Crippen molar-refractivity contribution in [2.75, 3.05) is 0 Å². The lowest BCUT2D eigenvalue weighted by molar-refractivity contribution is -0.134. The van der Waals surface area contributed by atoms with E-state index in [4.69, 9.17) is 4.74 Å². The summed E-state index contributed by atoms with van der Waals surface area (Å²) >= 11 is 0. The number of hydrogen-bond acceptors (Lipinski definition) is 4. The molecule has 1 aromatic rings. The predicted octanol–water partition coefficient (Wildman–Crippen LogP) is 2.03. The van der Waals surface area contributed by atoms with Gasteiger partial charge in [-0.1, -0.05) is 30.3 Å². The molecule has 106 valence electrons. The normalized spacial score (nSPS) is 15.1. The van der Waals surface area contributed by atoms with Gasteiger partial charge in [-0.2, -0.15) is 0 Å².